The number of hydrogen-bond donors (Lipinski definition) is 0. The van der Waals surface area contributed by atoms with Gasteiger partial charge in [0.1, 0.15) is 0 Å². The first kappa shape index (κ1) is 70.6. The number of rotatable bonds is 7. The molecule has 0 aromatic heterocycles. The normalized spacial score (nSPS) is 10.9. The van der Waals surface area contributed by atoms with E-state index in [1.54, 1.807) is 0 Å². The Hall–Kier alpha value is -5.46. The van der Waals surface area contributed by atoms with Crippen LogP contribution in [0.25, 0.3) is 0 Å². The van der Waals surface area contributed by atoms with Gasteiger partial charge in [0.2, 0.25) is 0 Å². The van der Waals surface area contributed by atoms with Crippen LogP contribution in [-0.4, -0.2) is 0 Å². The van der Waals surface area contributed by atoms with E-state index in [-0.39, 0.29) is 5.41 Å². The van der Waals surface area contributed by atoms with Crippen LogP contribution in [-0.2, 0) is 18.3 Å². The topological polar surface area (TPSA) is 0 Å². The van der Waals surface area contributed by atoms with Gasteiger partial charge in [0, 0.05) is 0 Å². The molecular formula is C78H114. The maximum absolute atomic E-state index is 2.31. The van der Waals surface area contributed by atoms with Crippen molar-refractivity contribution in [2.45, 2.75) is 237 Å². The van der Waals surface area contributed by atoms with Crippen LogP contribution in [0.3, 0.4) is 0 Å². The summed E-state index contributed by atoms with van der Waals surface area (Å²) in [6.45, 7) is 61.5. The Morgan fingerprint density at radius 1 is 0.333 bits per heavy atom. The van der Waals surface area contributed by atoms with Gasteiger partial charge in [-0.25, -0.2) is 0 Å². The minimum absolute atomic E-state index is 0.274. The van der Waals surface area contributed by atoms with E-state index in [1.807, 2.05) is 0 Å². The summed E-state index contributed by atoms with van der Waals surface area (Å²) in [5, 5.41) is 0. The van der Waals surface area contributed by atoms with Crippen molar-refractivity contribution in [2.24, 2.45) is 5.92 Å². The summed E-state index contributed by atoms with van der Waals surface area (Å²) in [6, 6.07) is 42.2. The fourth-order valence-electron chi connectivity index (χ4n) is 9.43. The van der Waals surface area contributed by atoms with Crippen molar-refractivity contribution in [3.63, 3.8) is 0 Å². The third-order valence-electron chi connectivity index (χ3n) is 15.4. The summed E-state index contributed by atoms with van der Waals surface area (Å²) >= 11 is 0. The Morgan fingerprint density at radius 3 is 1.03 bits per heavy atom. The number of aryl methyl sites for hydroxylation is 17. The highest BCUT2D eigenvalue weighted by molar-refractivity contribution is 5.39. The molecule has 1 atom stereocenters. The highest BCUT2D eigenvalue weighted by Gasteiger charge is 2.15. The van der Waals surface area contributed by atoms with Gasteiger partial charge in [-0.3, -0.25) is 0 Å². The van der Waals surface area contributed by atoms with E-state index < -0.39 is 0 Å². The Kier molecular flexibility index (Phi) is 31.2. The standard InChI is InChI=1S/3C12H18.2C11H16.2C10H14/c1-9-6-7-10(2)11(8-9)12(3,4)5;1-9(2)7-12-8-10(3)5-6-11(12)4;1-5-10(3)12-8-9(2)6-7-11(12)4;1-8(2)11-7-9(3)5-6-10(11)4;1-4-5-11-8-9(2)6-7-10(11)3;1-7-5-9(3)10(4)6-8(7)2;1-7-5-6-8(2)10(4)9(7)3/h6-8H,1-5H3;5-6,8-9H,7H2,1-4H3;6-8,10H,5H2,1-4H3;5-8H,1-4H3;6-8H,4-5H2,1-3H3;2*5-6H,1-4H3. The zero-order chi connectivity index (χ0) is 59.8. The maximum atomic E-state index is 2.31. The molecule has 0 aliphatic heterocycles. The molecule has 0 aliphatic carbocycles. The Bertz CT molecular complexity index is 2810. The van der Waals surface area contributed by atoms with E-state index in [0.29, 0.717) is 11.8 Å². The van der Waals surface area contributed by atoms with E-state index in [1.165, 1.54) is 154 Å². The lowest BCUT2D eigenvalue weighted by Gasteiger charge is -2.22. The fourth-order valence-corrected chi connectivity index (χ4v) is 9.43. The van der Waals surface area contributed by atoms with E-state index in [4.69, 9.17) is 0 Å². The quantitative estimate of drug-likeness (QED) is 0.149. The predicted octanol–water partition coefficient (Wildman–Crippen LogP) is 23.4. The van der Waals surface area contributed by atoms with Crippen molar-refractivity contribution in [2.75, 3.05) is 0 Å². The number of benzene rings is 7. The largest absolute Gasteiger partial charge is 0.0651 e. The third-order valence-corrected chi connectivity index (χ3v) is 15.4. The molecule has 0 bridgehead atoms. The van der Waals surface area contributed by atoms with Crippen molar-refractivity contribution < 1.29 is 0 Å². The second-order valence-electron chi connectivity index (χ2n) is 24.9. The van der Waals surface area contributed by atoms with Gasteiger partial charge in [-0.1, -0.05) is 219 Å². The van der Waals surface area contributed by atoms with Gasteiger partial charge in [-0.05, 0) is 267 Å². The second-order valence-corrected chi connectivity index (χ2v) is 24.9. The van der Waals surface area contributed by atoms with E-state index >= 15 is 0 Å². The van der Waals surface area contributed by atoms with Gasteiger partial charge in [-0.15, -0.1) is 0 Å². The van der Waals surface area contributed by atoms with Gasteiger partial charge >= 0.3 is 0 Å². The monoisotopic (exact) mass is 1050 g/mol. The van der Waals surface area contributed by atoms with Crippen molar-refractivity contribution in [3.8, 4) is 0 Å². The third kappa shape index (κ3) is 25.6. The molecular weight excluding hydrogens is 937 g/mol. The molecule has 0 saturated heterocycles. The molecule has 1 unspecified atom stereocenters. The molecule has 0 heterocycles. The van der Waals surface area contributed by atoms with Gasteiger partial charge in [0.25, 0.3) is 0 Å². The van der Waals surface area contributed by atoms with Gasteiger partial charge in [0.15, 0.2) is 0 Å². The summed E-state index contributed by atoms with van der Waals surface area (Å²) in [5.41, 5.74) is 32.9. The molecule has 0 saturated carbocycles. The van der Waals surface area contributed by atoms with E-state index in [9.17, 15) is 0 Å². The lowest BCUT2D eigenvalue weighted by atomic mass is 9.83. The van der Waals surface area contributed by atoms with Gasteiger partial charge in [-0.2, -0.15) is 0 Å². The zero-order valence-electron chi connectivity index (χ0n) is 55.5. The van der Waals surface area contributed by atoms with Gasteiger partial charge in [0.05, 0.1) is 0 Å². The van der Waals surface area contributed by atoms with Gasteiger partial charge < -0.3 is 0 Å². The van der Waals surface area contributed by atoms with Crippen molar-refractivity contribution in [1.82, 2.24) is 0 Å². The summed E-state index contributed by atoms with van der Waals surface area (Å²) in [5.74, 6) is 2.10. The SMILES string of the molecule is CCC(C)c1cc(C)ccc1C.CCCc1cc(C)ccc1C.Cc1cc(C)c(C)cc1C.Cc1ccc(C)c(C(C)(C)C)c1.Cc1ccc(C)c(C(C)C)c1.Cc1ccc(C)c(C)c1C.Cc1ccc(C)c(CC(C)C)c1. The summed E-state index contributed by atoms with van der Waals surface area (Å²) in [6.07, 6.45) is 4.88. The first-order chi connectivity index (χ1) is 36.2. The summed E-state index contributed by atoms with van der Waals surface area (Å²) < 4.78 is 0. The molecule has 0 nitrogen and oxygen atoms in total. The first-order valence-corrected chi connectivity index (χ1v) is 29.7. The van der Waals surface area contributed by atoms with Crippen LogP contribution in [0.15, 0.2) is 115 Å². The molecule has 7 rings (SSSR count). The molecule has 7 aromatic carbocycles. The average molecular weight is 1050 g/mol. The fraction of sp³-hybridized carbons (Fsp3) is 0.462. The molecule has 0 N–H and O–H groups in total. The summed E-state index contributed by atoms with van der Waals surface area (Å²) in [7, 11) is 0. The van der Waals surface area contributed by atoms with Crippen LogP contribution >= 0.6 is 0 Å². The van der Waals surface area contributed by atoms with E-state index in [2.05, 4.69) is 309 Å². The van der Waals surface area contributed by atoms with Crippen LogP contribution < -0.4 is 0 Å². The molecule has 426 valence electrons. The Morgan fingerprint density at radius 2 is 0.667 bits per heavy atom. The Balaban J connectivity index is 0.000000455. The van der Waals surface area contributed by atoms with Crippen molar-refractivity contribution in [3.05, 3.63) is 243 Å². The molecule has 0 fully saturated rings. The first-order valence-electron chi connectivity index (χ1n) is 29.7. The average Bonchev–Trinajstić information content (AvgIpc) is 3.36. The van der Waals surface area contributed by atoms with Crippen molar-refractivity contribution >= 4 is 0 Å². The lowest BCUT2D eigenvalue weighted by Crippen LogP contribution is -2.13. The minimum Gasteiger partial charge on any atom is -0.0651 e. The van der Waals surface area contributed by atoms with Crippen LogP contribution in [0, 0.1) is 131 Å². The highest BCUT2D eigenvalue weighted by atomic mass is 14.2. The lowest BCUT2D eigenvalue weighted by molar-refractivity contribution is 0.585. The van der Waals surface area contributed by atoms with Crippen LogP contribution in [0.4, 0.5) is 0 Å². The number of hydrogen-bond acceptors (Lipinski definition) is 0. The van der Waals surface area contributed by atoms with Crippen LogP contribution in [0.1, 0.15) is 222 Å². The molecule has 0 aliphatic rings. The molecule has 0 spiro atoms. The summed E-state index contributed by atoms with van der Waals surface area (Å²) in [4.78, 5) is 0. The predicted molar refractivity (Wildman–Crippen MR) is 354 cm³/mol. The molecule has 0 radical (unpaired) electrons. The molecule has 0 amide bonds. The highest BCUT2D eigenvalue weighted by Crippen LogP contribution is 2.27. The molecule has 0 heteroatoms. The maximum Gasteiger partial charge on any atom is -0.0129 e. The van der Waals surface area contributed by atoms with Crippen LogP contribution in [0.5, 0.6) is 0 Å². The second kappa shape index (κ2) is 34.5. The minimum atomic E-state index is 0.274. The Labute approximate surface area is 483 Å². The molecule has 78 heavy (non-hydrogen) atoms. The molecule has 7 aromatic rings. The zero-order valence-corrected chi connectivity index (χ0v) is 55.5. The van der Waals surface area contributed by atoms with E-state index in [0.717, 1.165) is 5.92 Å². The van der Waals surface area contributed by atoms with Crippen LogP contribution in [0.2, 0.25) is 0 Å². The smallest absolute Gasteiger partial charge is 0.0129 e. The van der Waals surface area contributed by atoms with Crippen molar-refractivity contribution in [1.29, 1.82) is 0 Å².